The molecule has 19 heavy (non-hydrogen) atoms. The van der Waals surface area contributed by atoms with Gasteiger partial charge in [-0.05, 0) is 37.0 Å². The van der Waals surface area contributed by atoms with E-state index in [1.54, 1.807) is 0 Å². The summed E-state index contributed by atoms with van der Waals surface area (Å²) in [5, 5.41) is 0.662. The molecule has 0 saturated carbocycles. The Kier molecular flexibility index (Phi) is 4.94. The highest BCUT2D eigenvalue weighted by Crippen LogP contribution is 2.34. The molecule has 1 aromatic rings. The number of hydrogen-bond acceptors (Lipinski definition) is 2. The second-order valence-electron chi connectivity index (χ2n) is 5.06. The second-order valence-corrected chi connectivity index (χ2v) is 5.77. The monoisotopic (exact) mass is 299 g/mol. The van der Waals surface area contributed by atoms with Crippen molar-refractivity contribution in [3.63, 3.8) is 0 Å². The smallest absolute Gasteiger partial charge is 0.115 e. The van der Waals surface area contributed by atoms with Crippen LogP contribution in [0, 0.1) is 5.92 Å². The first kappa shape index (κ1) is 14.5. The lowest BCUT2D eigenvalue weighted by atomic mass is 9.99. The SMILES string of the molecule is CC1CCCN(c2ccc(Cl)cc2N=C(N)CCl)C1. The Morgan fingerprint density at radius 1 is 1.53 bits per heavy atom. The first-order chi connectivity index (χ1) is 9.10. The Labute approximate surface area is 124 Å². The van der Waals surface area contributed by atoms with E-state index < -0.39 is 0 Å². The lowest BCUT2D eigenvalue weighted by Gasteiger charge is -2.33. The van der Waals surface area contributed by atoms with E-state index in [1.165, 1.54) is 12.8 Å². The fraction of sp³-hybridized carbons (Fsp3) is 0.500. The van der Waals surface area contributed by atoms with Gasteiger partial charge in [-0.3, -0.25) is 0 Å². The Morgan fingerprint density at radius 3 is 3.00 bits per heavy atom. The Morgan fingerprint density at radius 2 is 2.32 bits per heavy atom. The largest absolute Gasteiger partial charge is 0.386 e. The lowest BCUT2D eigenvalue weighted by Crippen LogP contribution is -2.34. The summed E-state index contributed by atoms with van der Waals surface area (Å²) in [6, 6.07) is 5.75. The highest BCUT2D eigenvalue weighted by atomic mass is 35.5. The molecule has 0 bridgehead atoms. The maximum Gasteiger partial charge on any atom is 0.115 e. The number of nitrogens with zero attached hydrogens (tertiary/aromatic N) is 2. The predicted molar refractivity (Wildman–Crippen MR) is 84.1 cm³/mol. The summed E-state index contributed by atoms with van der Waals surface area (Å²) in [7, 11) is 0. The van der Waals surface area contributed by atoms with E-state index in [9.17, 15) is 0 Å². The lowest BCUT2D eigenvalue weighted by molar-refractivity contribution is 0.447. The molecule has 1 unspecified atom stereocenters. The highest BCUT2D eigenvalue weighted by molar-refractivity contribution is 6.31. The molecule has 0 spiro atoms. The molecule has 1 saturated heterocycles. The molecule has 1 atom stereocenters. The molecule has 5 heteroatoms. The molecular formula is C14H19Cl2N3. The van der Waals surface area contributed by atoms with Crippen LogP contribution in [-0.4, -0.2) is 24.8 Å². The van der Waals surface area contributed by atoms with Crippen LogP contribution < -0.4 is 10.6 Å². The van der Waals surface area contributed by atoms with Crippen LogP contribution in [0.25, 0.3) is 0 Å². The van der Waals surface area contributed by atoms with E-state index >= 15 is 0 Å². The van der Waals surface area contributed by atoms with Crippen molar-refractivity contribution in [3.8, 4) is 0 Å². The van der Waals surface area contributed by atoms with Gasteiger partial charge in [0.1, 0.15) is 5.84 Å². The molecule has 3 nitrogen and oxygen atoms in total. The highest BCUT2D eigenvalue weighted by Gasteiger charge is 2.19. The minimum Gasteiger partial charge on any atom is -0.386 e. The average Bonchev–Trinajstić information content (AvgIpc) is 2.38. The number of rotatable bonds is 3. The normalized spacial score (nSPS) is 20.7. The molecule has 1 aromatic carbocycles. The molecular weight excluding hydrogens is 281 g/mol. The zero-order chi connectivity index (χ0) is 13.8. The summed E-state index contributed by atoms with van der Waals surface area (Å²) >= 11 is 11.8. The molecule has 1 aliphatic heterocycles. The summed E-state index contributed by atoms with van der Waals surface area (Å²) in [5.41, 5.74) is 7.63. The van der Waals surface area contributed by atoms with E-state index in [4.69, 9.17) is 28.9 Å². The van der Waals surface area contributed by atoms with E-state index in [0.29, 0.717) is 16.8 Å². The number of hydrogen-bond donors (Lipinski definition) is 1. The number of aliphatic imine (C=N–C) groups is 1. The van der Waals surface area contributed by atoms with Crippen molar-refractivity contribution in [1.82, 2.24) is 0 Å². The summed E-state index contributed by atoms with van der Waals surface area (Å²) in [4.78, 5) is 6.73. The number of halogens is 2. The van der Waals surface area contributed by atoms with Crippen molar-refractivity contribution in [2.75, 3.05) is 23.9 Å². The third kappa shape index (κ3) is 3.77. The molecule has 1 fully saturated rings. The van der Waals surface area contributed by atoms with Crippen molar-refractivity contribution >= 4 is 40.4 Å². The standard InChI is InChI=1S/C14H19Cl2N3/c1-10-3-2-6-19(9-10)13-5-4-11(16)7-12(13)18-14(17)8-15/h4-5,7,10H,2-3,6,8-9H2,1H3,(H2,17,18). The maximum atomic E-state index is 6.05. The van der Waals surface area contributed by atoms with Crippen LogP contribution in [0.5, 0.6) is 0 Å². The first-order valence-corrected chi connectivity index (χ1v) is 7.45. The van der Waals surface area contributed by atoms with Crippen LogP contribution in [0.1, 0.15) is 19.8 Å². The number of alkyl halides is 1. The van der Waals surface area contributed by atoms with Crippen molar-refractivity contribution in [1.29, 1.82) is 0 Å². The number of amidine groups is 1. The van der Waals surface area contributed by atoms with Gasteiger partial charge in [0.15, 0.2) is 0 Å². The Hall–Kier alpha value is -0.930. The molecule has 1 aliphatic rings. The fourth-order valence-electron chi connectivity index (χ4n) is 2.45. The quantitative estimate of drug-likeness (QED) is 0.524. The van der Waals surface area contributed by atoms with Gasteiger partial charge in [-0.15, -0.1) is 11.6 Å². The number of anilines is 1. The molecule has 1 heterocycles. The minimum atomic E-state index is 0.225. The van der Waals surface area contributed by atoms with Gasteiger partial charge >= 0.3 is 0 Å². The van der Waals surface area contributed by atoms with Crippen LogP contribution in [0.2, 0.25) is 5.02 Å². The van der Waals surface area contributed by atoms with Gasteiger partial charge in [-0.25, -0.2) is 4.99 Å². The third-order valence-corrected chi connectivity index (χ3v) is 3.85. The van der Waals surface area contributed by atoms with Gasteiger partial charge in [0, 0.05) is 18.1 Å². The zero-order valence-electron chi connectivity index (χ0n) is 11.1. The van der Waals surface area contributed by atoms with Gasteiger partial charge in [-0.2, -0.15) is 0 Å². The Balaban J connectivity index is 2.33. The molecule has 0 radical (unpaired) electrons. The number of benzene rings is 1. The number of piperidine rings is 1. The second kappa shape index (κ2) is 6.49. The minimum absolute atomic E-state index is 0.225. The van der Waals surface area contributed by atoms with Crippen LogP contribution >= 0.6 is 23.2 Å². The predicted octanol–water partition coefficient (Wildman–Crippen LogP) is 3.80. The van der Waals surface area contributed by atoms with Gasteiger partial charge in [0.05, 0.1) is 17.3 Å². The molecule has 0 amide bonds. The van der Waals surface area contributed by atoms with Gasteiger partial charge < -0.3 is 10.6 Å². The Bertz CT molecular complexity index is 474. The van der Waals surface area contributed by atoms with Gasteiger partial charge in [0.2, 0.25) is 0 Å². The molecule has 0 aromatic heterocycles. The van der Waals surface area contributed by atoms with Gasteiger partial charge in [-0.1, -0.05) is 18.5 Å². The molecule has 0 aliphatic carbocycles. The summed E-state index contributed by atoms with van der Waals surface area (Å²) < 4.78 is 0. The fourth-order valence-corrected chi connectivity index (χ4v) is 2.67. The maximum absolute atomic E-state index is 6.05. The van der Waals surface area contributed by atoms with Crippen LogP contribution in [0.4, 0.5) is 11.4 Å². The number of nitrogens with two attached hydrogens (primary N) is 1. The summed E-state index contributed by atoms with van der Waals surface area (Å²) in [5.74, 6) is 1.34. The van der Waals surface area contributed by atoms with Crippen molar-refractivity contribution in [3.05, 3.63) is 23.2 Å². The van der Waals surface area contributed by atoms with Crippen LogP contribution in [0.15, 0.2) is 23.2 Å². The van der Waals surface area contributed by atoms with Crippen LogP contribution in [-0.2, 0) is 0 Å². The zero-order valence-corrected chi connectivity index (χ0v) is 12.6. The van der Waals surface area contributed by atoms with Crippen molar-refractivity contribution < 1.29 is 0 Å². The first-order valence-electron chi connectivity index (χ1n) is 6.53. The average molecular weight is 300 g/mol. The molecule has 104 valence electrons. The topological polar surface area (TPSA) is 41.6 Å². The van der Waals surface area contributed by atoms with Crippen molar-refractivity contribution in [2.24, 2.45) is 16.6 Å². The van der Waals surface area contributed by atoms with E-state index in [1.807, 2.05) is 18.2 Å². The molecule has 2 rings (SSSR count). The summed E-state index contributed by atoms with van der Waals surface area (Å²) in [6.07, 6.45) is 2.49. The van der Waals surface area contributed by atoms with Crippen LogP contribution in [0.3, 0.4) is 0 Å². The van der Waals surface area contributed by atoms with E-state index in [2.05, 4.69) is 16.8 Å². The van der Waals surface area contributed by atoms with E-state index in [-0.39, 0.29) is 5.88 Å². The van der Waals surface area contributed by atoms with Gasteiger partial charge in [0.25, 0.3) is 0 Å². The third-order valence-electron chi connectivity index (χ3n) is 3.34. The molecule has 2 N–H and O–H groups in total. The van der Waals surface area contributed by atoms with E-state index in [0.717, 1.165) is 24.5 Å². The van der Waals surface area contributed by atoms with Crippen molar-refractivity contribution in [2.45, 2.75) is 19.8 Å². The summed E-state index contributed by atoms with van der Waals surface area (Å²) in [6.45, 7) is 4.37.